The molecule has 0 atom stereocenters. The van der Waals surface area contributed by atoms with Crippen molar-refractivity contribution < 1.29 is 18.7 Å². The molecule has 2 heterocycles. The third-order valence-corrected chi connectivity index (χ3v) is 4.37. The number of rotatable bonds is 6. The minimum Gasteiger partial charge on any atom is -0.462 e. The van der Waals surface area contributed by atoms with Crippen LogP contribution in [0.2, 0.25) is 0 Å². The molecule has 0 fully saturated rings. The van der Waals surface area contributed by atoms with Gasteiger partial charge in [-0.05, 0) is 58.3 Å². The minimum atomic E-state index is -0.416. The van der Waals surface area contributed by atoms with Crippen molar-refractivity contribution in [1.82, 2.24) is 0 Å². The van der Waals surface area contributed by atoms with Gasteiger partial charge in [0.05, 0.1) is 12.2 Å². The number of nitrogens with one attached hydrogen (secondary N) is 1. The summed E-state index contributed by atoms with van der Waals surface area (Å²) in [5, 5.41) is 5.11. The normalized spacial score (nSPS) is 10.8. The fourth-order valence-corrected chi connectivity index (χ4v) is 3.37. The molecule has 1 amide bonds. The molecule has 0 saturated carbocycles. The van der Waals surface area contributed by atoms with E-state index in [-0.39, 0.29) is 12.4 Å². The van der Waals surface area contributed by atoms with Gasteiger partial charge >= 0.3 is 5.97 Å². The van der Waals surface area contributed by atoms with Crippen LogP contribution in [0.1, 0.15) is 47.2 Å². The molecule has 0 saturated heterocycles. The van der Waals surface area contributed by atoms with Crippen molar-refractivity contribution in [3.05, 3.63) is 39.1 Å². The van der Waals surface area contributed by atoms with Gasteiger partial charge in [-0.15, -0.1) is 11.3 Å². The molecule has 23 heavy (non-hydrogen) atoms. The van der Waals surface area contributed by atoms with E-state index in [0.717, 1.165) is 12.0 Å². The Labute approximate surface area is 147 Å². The highest BCUT2D eigenvalue weighted by atomic mass is 79.9. The average molecular weight is 400 g/mol. The molecule has 0 unspecified atom stereocenters. The number of esters is 1. The largest absolute Gasteiger partial charge is 0.462 e. The molecule has 7 heteroatoms. The first-order valence-corrected chi connectivity index (χ1v) is 8.93. The maximum Gasteiger partial charge on any atom is 0.341 e. The molecule has 0 aromatic carbocycles. The Balaban J connectivity index is 2.28. The van der Waals surface area contributed by atoms with E-state index in [1.54, 1.807) is 19.1 Å². The summed E-state index contributed by atoms with van der Waals surface area (Å²) in [5.74, 6) is -0.257. The van der Waals surface area contributed by atoms with Gasteiger partial charge in [-0.25, -0.2) is 4.79 Å². The summed E-state index contributed by atoms with van der Waals surface area (Å²) >= 11 is 4.47. The zero-order valence-electron chi connectivity index (χ0n) is 13.1. The third kappa shape index (κ3) is 4.45. The Morgan fingerprint density at radius 3 is 2.70 bits per heavy atom. The second-order valence-electron chi connectivity index (χ2n) is 5.34. The van der Waals surface area contributed by atoms with Crippen LogP contribution in [0.3, 0.4) is 0 Å². The number of anilines is 1. The molecular formula is C16H18BrNO4S. The van der Waals surface area contributed by atoms with Gasteiger partial charge in [-0.2, -0.15) is 0 Å². The summed E-state index contributed by atoms with van der Waals surface area (Å²) in [6.45, 7) is 6.19. The first-order chi connectivity index (χ1) is 10.9. The standard InChI is InChI=1S/C16H18BrNO4S/c1-4-21-16(20)13-10(7-9(2)3)8-23-15(13)18-14(19)11-5-6-12(17)22-11/h5-6,8-9H,4,7H2,1-3H3,(H,18,19). The van der Waals surface area contributed by atoms with Crippen LogP contribution in [0.5, 0.6) is 0 Å². The van der Waals surface area contributed by atoms with E-state index < -0.39 is 11.9 Å². The van der Waals surface area contributed by atoms with Crippen LogP contribution < -0.4 is 5.32 Å². The number of hydrogen-bond acceptors (Lipinski definition) is 5. The maximum absolute atomic E-state index is 12.3. The smallest absolute Gasteiger partial charge is 0.341 e. The number of carbonyl (C=O) groups is 2. The SMILES string of the molecule is CCOC(=O)c1c(CC(C)C)csc1NC(=O)c1ccc(Br)o1. The molecule has 124 valence electrons. The van der Waals surface area contributed by atoms with Gasteiger partial charge in [-0.3, -0.25) is 4.79 Å². The highest BCUT2D eigenvalue weighted by Crippen LogP contribution is 2.31. The number of ether oxygens (including phenoxy) is 1. The first-order valence-electron chi connectivity index (χ1n) is 7.26. The van der Waals surface area contributed by atoms with Crippen molar-refractivity contribution in [3.63, 3.8) is 0 Å². The lowest BCUT2D eigenvalue weighted by Gasteiger charge is -2.09. The lowest BCUT2D eigenvalue weighted by molar-refractivity contribution is 0.0527. The summed E-state index contributed by atoms with van der Waals surface area (Å²) < 4.78 is 10.8. The Morgan fingerprint density at radius 2 is 2.13 bits per heavy atom. The fraction of sp³-hybridized carbons (Fsp3) is 0.375. The summed E-state index contributed by atoms with van der Waals surface area (Å²) in [5.41, 5.74) is 1.32. The van der Waals surface area contributed by atoms with Gasteiger partial charge in [0, 0.05) is 0 Å². The van der Waals surface area contributed by atoms with Crippen molar-refractivity contribution in [3.8, 4) is 0 Å². The zero-order valence-corrected chi connectivity index (χ0v) is 15.5. The Bertz CT molecular complexity index is 705. The predicted molar refractivity (Wildman–Crippen MR) is 93.2 cm³/mol. The van der Waals surface area contributed by atoms with Crippen molar-refractivity contribution >= 4 is 44.1 Å². The fourth-order valence-electron chi connectivity index (χ4n) is 2.10. The molecule has 2 rings (SSSR count). The lowest BCUT2D eigenvalue weighted by atomic mass is 10.0. The molecular weight excluding hydrogens is 382 g/mol. The van der Waals surface area contributed by atoms with E-state index in [4.69, 9.17) is 9.15 Å². The second-order valence-corrected chi connectivity index (χ2v) is 7.00. The summed E-state index contributed by atoms with van der Waals surface area (Å²) in [7, 11) is 0. The molecule has 2 aromatic rings. The monoisotopic (exact) mass is 399 g/mol. The van der Waals surface area contributed by atoms with E-state index in [9.17, 15) is 9.59 Å². The van der Waals surface area contributed by atoms with Gasteiger partial charge in [0.25, 0.3) is 5.91 Å². The van der Waals surface area contributed by atoms with Crippen LogP contribution in [0, 0.1) is 5.92 Å². The summed E-state index contributed by atoms with van der Waals surface area (Å²) in [4.78, 5) is 24.5. The first kappa shape index (κ1) is 17.7. The second kappa shape index (κ2) is 7.79. The van der Waals surface area contributed by atoms with Crippen LogP contribution in [-0.2, 0) is 11.2 Å². The highest BCUT2D eigenvalue weighted by molar-refractivity contribution is 9.10. The van der Waals surface area contributed by atoms with Crippen LogP contribution >= 0.6 is 27.3 Å². The van der Waals surface area contributed by atoms with Crippen molar-refractivity contribution in [2.24, 2.45) is 5.92 Å². The van der Waals surface area contributed by atoms with E-state index >= 15 is 0 Å². The number of furan rings is 1. The molecule has 0 aliphatic heterocycles. The quantitative estimate of drug-likeness (QED) is 0.712. The number of amides is 1. The minimum absolute atomic E-state index is 0.172. The van der Waals surface area contributed by atoms with Gasteiger partial charge in [0.1, 0.15) is 5.00 Å². The predicted octanol–water partition coefficient (Wildman–Crippen LogP) is 4.73. The van der Waals surface area contributed by atoms with Gasteiger partial charge in [-0.1, -0.05) is 13.8 Å². The third-order valence-electron chi connectivity index (χ3n) is 3.00. The van der Waals surface area contributed by atoms with Crippen molar-refractivity contribution in [2.45, 2.75) is 27.2 Å². The summed E-state index contributed by atoms with van der Waals surface area (Å²) in [6, 6.07) is 3.20. The molecule has 5 nitrogen and oxygen atoms in total. The highest BCUT2D eigenvalue weighted by Gasteiger charge is 2.23. The molecule has 2 aromatic heterocycles. The molecule has 0 aliphatic rings. The zero-order chi connectivity index (χ0) is 17.0. The topological polar surface area (TPSA) is 68.5 Å². The van der Waals surface area contributed by atoms with Crippen molar-refractivity contribution in [1.29, 1.82) is 0 Å². The Kier molecular flexibility index (Phi) is 6.01. The van der Waals surface area contributed by atoms with Crippen molar-refractivity contribution in [2.75, 3.05) is 11.9 Å². The van der Waals surface area contributed by atoms with Gasteiger partial charge in [0.2, 0.25) is 0 Å². The van der Waals surface area contributed by atoms with Crippen LogP contribution in [0.4, 0.5) is 5.00 Å². The molecule has 0 radical (unpaired) electrons. The molecule has 0 aliphatic carbocycles. The average Bonchev–Trinajstić information content (AvgIpc) is 3.05. The van der Waals surface area contributed by atoms with Crippen LogP contribution in [-0.4, -0.2) is 18.5 Å². The van der Waals surface area contributed by atoms with Crippen LogP contribution in [0.25, 0.3) is 0 Å². The number of halogens is 1. The van der Waals surface area contributed by atoms with E-state index in [1.165, 1.54) is 11.3 Å². The Hall–Kier alpha value is -1.60. The van der Waals surface area contributed by atoms with Gasteiger partial charge < -0.3 is 14.5 Å². The lowest BCUT2D eigenvalue weighted by Crippen LogP contribution is -2.15. The van der Waals surface area contributed by atoms with E-state index in [0.29, 0.717) is 21.2 Å². The Morgan fingerprint density at radius 1 is 1.39 bits per heavy atom. The maximum atomic E-state index is 12.3. The molecule has 0 bridgehead atoms. The van der Waals surface area contributed by atoms with Gasteiger partial charge in [0.15, 0.2) is 10.4 Å². The van der Waals surface area contributed by atoms with E-state index in [2.05, 4.69) is 35.1 Å². The van der Waals surface area contributed by atoms with Crippen LogP contribution in [0.15, 0.2) is 26.6 Å². The summed E-state index contributed by atoms with van der Waals surface area (Å²) in [6.07, 6.45) is 0.743. The number of hydrogen-bond donors (Lipinski definition) is 1. The number of carbonyl (C=O) groups excluding carboxylic acids is 2. The number of thiophene rings is 1. The molecule has 0 spiro atoms. The molecule has 1 N–H and O–H groups in total. The van der Waals surface area contributed by atoms with E-state index in [1.807, 2.05) is 5.38 Å².